The van der Waals surface area contributed by atoms with E-state index in [1.54, 1.807) is 17.3 Å². The average molecular weight is 358 g/mol. The molecular weight excluding hydrogens is 336 g/mol. The lowest BCUT2D eigenvalue weighted by molar-refractivity contribution is 0.0987. The lowest BCUT2D eigenvalue weighted by Gasteiger charge is -2.22. The van der Waals surface area contributed by atoms with Crippen LogP contribution in [0.2, 0.25) is 0 Å². The minimum Gasteiger partial charge on any atom is -0.310 e. The molecule has 0 fully saturated rings. The highest BCUT2D eigenvalue weighted by atomic mass is 16.2. The highest BCUT2D eigenvalue weighted by molar-refractivity contribution is 6.05. The molecular formula is C22H22N4O. The Bertz CT molecular complexity index is 968. The summed E-state index contributed by atoms with van der Waals surface area (Å²) in [5.41, 5.74) is 4.96. The second kappa shape index (κ2) is 7.19. The van der Waals surface area contributed by atoms with E-state index < -0.39 is 0 Å². The van der Waals surface area contributed by atoms with Crippen LogP contribution in [0.3, 0.4) is 0 Å². The number of para-hydroxylation sites is 1. The van der Waals surface area contributed by atoms with Crippen LogP contribution >= 0.6 is 0 Å². The van der Waals surface area contributed by atoms with Gasteiger partial charge in [0.25, 0.3) is 5.91 Å². The summed E-state index contributed by atoms with van der Waals surface area (Å²) >= 11 is 0. The number of hydrogen-bond donors (Lipinski definition) is 0. The molecule has 0 unspecified atom stereocenters. The molecule has 1 aromatic heterocycles. The Labute approximate surface area is 159 Å². The Morgan fingerprint density at radius 1 is 1.11 bits per heavy atom. The largest absolute Gasteiger partial charge is 0.310 e. The van der Waals surface area contributed by atoms with E-state index in [2.05, 4.69) is 33.1 Å². The zero-order valence-electron chi connectivity index (χ0n) is 15.6. The highest BCUT2D eigenvalue weighted by Crippen LogP contribution is 2.32. The van der Waals surface area contributed by atoms with Crippen molar-refractivity contribution in [3.63, 3.8) is 0 Å². The molecule has 0 saturated heterocycles. The molecule has 5 nitrogen and oxygen atoms in total. The van der Waals surface area contributed by atoms with Crippen molar-refractivity contribution in [3.05, 3.63) is 77.6 Å². The fourth-order valence-corrected chi connectivity index (χ4v) is 3.51. The molecule has 0 bridgehead atoms. The van der Waals surface area contributed by atoms with Crippen molar-refractivity contribution >= 4 is 23.2 Å². The maximum atomic E-state index is 13.0. The Hall–Kier alpha value is -3.21. The monoisotopic (exact) mass is 358 g/mol. The standard InChI is InChI=1S/C22H22N4O/c1-3-25(19-9-6-7-16(2)13-19)21(27)18-14-23-22(24-15-18)26-12-11-17-8-4-5-10-20(17)26/h4-10,13-15H,3,11-12H2,1-2H3. The number of nitrogens with zero attached hydrogens (tertiary/aromatic N) is 4. The van der Waals surface area contributed by atoms with Crippen LogP contribution in [0.15, 0.2) is 60.9 Å². The van der Waals surface area contributed by atoms with Gasteiger partial charge in [-0.25, -0.2) is 9.97 Å². The number of amides is 1. The van der Waals surface area contributed by atoms with Gasteiger partial charge >= 0.3 is 0 Å². The van der Waals surface area contributed by atoms with Gasteiger partial charge in [-0.1, -0.05) is 30.3 Å². The molecule has 27 heavy (non-hydrogen) atoms. The van der Waals surface area contributed by atoms with Crippen molar-refractivity contribution in [1.29, 1.82) is 0 Å². The molecule has 4 rings (SSSR count). The normalized spacial score (nSPS) is 12.7. The third-order valence-electron chi connectivity index (χ3n) is 4.89. The van der Waals surface area contributed by atoms with Gasteiger partial charge < -0.3 is 9.80 Å². The number of carbonyl (C=O) groups is 1. The van der Waals surface area contributed by atoms with Gasteiger partial charge in [-0.15, -0.1) is 0 Å². The molecule has 136 valence electrons. The molecule has 0 aliphatic carbocycles. The van der Waals surface area contributed by atoms with Crippen molar-refractivity contribution in [3.8, 4) is 0 Å². The Kier molecular flexibility index (Phi) is 4.59. The minimum absolute atomic E-state index is 0.0866. The van der Waals surface area contributed by atoms with Crippen molar-refractivity contribution in [2.24, 2.45) is 0 Å². The van der Waals surface area contributed by atoms with E-state index in [0.717, 1.165) is 29.9 Å². The van der Waals surface area contributed by atoms with Gasteiger partial charge in [0.05, 0.1) is 5.56 Å². The molecule has 0 saturated carbocycles. The summed E-state index contributed by atoms with van der Waals surface area (Å²) in [5.74, 6) is 0.548. The van der Waals surface area contributed by atoms with Crippen LogP contribution in [0.1, 0.15) is 28.4 Å². The van der Waals surface area contributed by atoms with Crippen LogP contribution < -0.4 is 9.80 Å². The lowest BCUT2D eigenvalue weighted by Crippen LogP contribution is -2.31. The fourth-order valence-electron chi connectivity index (χ4n) is 3.51. The first-order chi connectivity index (χ1) is 13.2. The van der Waals surface area contributed by atoms with E-state index in [4.69, 9.17) is 0 Å². The summed E-state index contributed by atoms with van der Waals surface area (Å²) in [5, 5.41) is 0. The predicted octanol–water partition coefficient (Wildman–Crippen LogP) is 4.15. The molecule has 5 heteroatoms. The summed E-state index contributed by atoms with van der Waals surface area (Å²) in [6, 6.07) is 16.2. The number of rotatable bonds is 4. The predicted molar refractivity (Wildman–Crippen MR) is 108 cm³/mol. The van der Waals surface area contributed by atoms with Crippen LogP contribution in [0.4, 0.5) is 17.3 Å². The van der Waals surface area contributed by atoms with E-state index in [9.17, 15) is 4.79 Å². The zero-order chi connectivity index (χ0) is 18.8. The number of aryl methyl sites for hydroxylation is 1. The first-order valence-corrected chi connectivity index (χ1v) is 9.23. The fraction of sp³-hybridized carbons (Fsp3) is 0.227. The molecule has 3 aromatic rings. The maximum Gasteiger partial charge on any atom is 0.261 e. The van der Waals surface area contributed by atoms with Crippen LogP contribution in [0.5, 0.6) is 0 Å². The molecule has 1 amide bonds. The Morgan fingerprint density at radius 3 is 2.63 bits per heavy atom. The smallest absolute Gasteiger partial charge is 0.261 e. The molecule has 1 aliphatic rings. The van der Waals surface area contributed by atoms with E-state index in [-0.39, 0.29) is 5.91 Å². The summed E-state index contributed by atoms with van der Waals surface area (Å²) in [7, 11) is 0. The van der Waals surface area contributed by atoms with Gasteiger partial charge in [0.15, 0.2) is 0 Å². The van der Waals surface area contributed by atoms with Gasteiger partial charge in [0.2, 0.25) is 5.95 Å². The minimum atomic E-state index is -0.0866. The van der Waals surface area contributed by atoms with Gasteiger partial charge in [0, 0.05) is 36.9 Å². The van der Waals surface area contributed by atoms with Crippen LogP contribution in [-0.4, -0.2) is 29.0 Å². The first kappa shape index (κ1) is 17.2. The van der Waals surface area contributed by atoms with Crippen molar-refractivity contribution < 1.29 is 4.79 Å². The van der Waals surface area contributed by atoms with Crippen LogP contribution in [0.25, 0.3) is 0 Å². The third-order valence-corrected chi connectivity index (χ3v) is 4.89. The van der Waals surface area contributed by atoms with Gasteiger partial charge in [0.1, 0.15) is 0 Å². The molecule has 0 N–H and O–H groups in total. The number of aromatic nitrogens is 2. The van der Waals surface area contributed by atoms with E-state index in [1.165, 1.54) is 5.56 Å². The Balaban J connectivity index is 1.58. The van der Waals surface area contributed by atoms with Crippen molar-refractivity contribution in [2.75, 3.05) is 22.9 Å². The quantitative estimate of drug-likeness (QED) is 0.703. The molecule has 0 atom stereocenters. The van der Waals surface area contributed by atoms with E-state index in [1.807, 2.05) is 44.2 Å². The van der Waals surface area contributed by atoms with Gasteiger partial charge in [-0.3, -0.25) is 4.79 Å². The zero-order valence-corrected chi connectivity index (χ0v) is 15.6. The summed E-state index contributed by atoms with van der Waals surface area (Å²) in [6.45, 7) is 5.44. The third kappa shape index (κ3) is 3.28. The molecule has 2 aromatic carbocycles. The highest BCUT2D eigenvalue weighted by Gasteiger charge is 2.23. The molecule has 0 spiro atoms. The maximum absolute atomic E-state index is 13.0. The number of benzene rings is 2. The van der Waals surface area contributed by atoms with Crippen molar-refractivity contribution in [2.45, 2.75) is 20.3 Å². The van der Waals surface area contributed by atoms with Crippen LogP contribution in [-0.2, 0) is 6.42 Å². The van der Waals surface area contributed by atoms with Gasteiger partial charge in [-0.2, -0.15) is 0 Å². The van der Waals surface area contributed by atoms with E-state index >= 15 is 0 Å². The number of anilines is 3. The Morgan fingerprint density at radius 2 is 1.89 bits per heavy atom. The van der Waals surface area contributed by atoms with E-state index in [0.29, 0.717) is 18.1 Å². The lowest BCUT2D eigenvalue weighted by atomic mass is 10.2. The molecule has 0 radical (unpaired) electrons. The molecule has 1 aliphatic heterocycles. The first-order valence-electron chi connectivity index (χ1n) is 9.23. The second-order valence-electron chi connectivity index (χ2n) is 6.69. The summed E-state index contributed by atoms with van der Waals surface area (Å²) < 4.78 is 0. The summed E-state index contributed by atoms with van der Waals surface area (Å²) in [6.07, 6.45) is 4.24. The van der Waals surface area contributed by atoms with Gasteiger partial charge in [-0.05, 0) is 49.6 Å². The summed E-state index contributed by atoms with van der Waals surface area (Å²) in [4.78, 5) is 25.7. The topological polar surface area (TPSA) is 49.3 Å². The van der Waals surface area contributed by atoms with Crippen molar-refractivity contribution in [1.82, 2.24) is 9.97 Å². The number of carbonyl (C=O) groups excluding carboxylic acids is 1. The van der Waals surface area contributed by atoms with Crippen LogP contribution in [0, 0.1) is 6.92 Å². The second-order valence-corrected chi connectivity index (χ2v) is 6.69. The average Bonchev–Trinajstić information content (AvgIpc) is 3.13. The number of fused-ring (bicyclic) bond motifs is 1. The SMILES string of the molecule is CCN(C(=O)c1cnc(N2CCc3ccccc32)nc1)c1cccc(C)c1. The molecule has 2 heterocycles. The number of hydrogen-bond acceptors (Lipinski definition) is 4.